The zero-order valence-corrected chi connectivity index (χ0v) is 16.1. The van der Waals surface area contributed by atoms with Gasteiger partial charge in [-0.2, -0.15) is 0 Å². The van der Waals surface area contributed by atoms with E-state index in [9.17, 15) is 9.18 Å². The minimum Gasteiger partial charge on any atom is -0.379 e. The van der Waals surface area contributed by atoms with Gasteiger partial charge in [0.05, 0.1) is 22.2 Å². The fourth-order valence-corrected chi connectivity index (χ4v) is 4.07. The molecule has 27 heavy (non-hydrogen) atoms. The first-order valence-electron chi connectivity index (χ1n) is 8.51. The zero-order valence-electron chi connectivity index (χ0n) is 14.6. The van der Waals surface area contributed by atoms with E-state index in [-0.39, 0.29) is 27.8 Å². The van der Waals surface area contributed by atoms with Crippen molar-refractivity contribution in [2.24, 2.45) is 7.05 Å². The highest BCUT2D eigenvalue weighted by atomic mass is 35.5. The molecule has 0 saturated carbocycles. The van der Waals surface area contributed by atoms with E-state index in [0.29, 0.717) is 24.1 Å². The number of ether oxygens (including phenoxy) is 1. The van der Waals surface area contributed by atoms with Gasteiger partial charge in [-0.1, -0.05) is 29.3 Å². The van der Waals surface area contributed by atoms with E-state index in [1.807, 2.05) is 18.2 Å². The Kier molecular flexibility index (Phi) is 4.62. The third kappa shape index (κ3) is 3.10. The molecule has 0 aliphatic carbocycles. The number of anilines is 1. The summed E-state index contributed by atoms with van der Waals surface area (Å²) in [6.07, 6.45) is 2.25. The maximum Gasteiger partial charge on any atom is 0.258 e. The first kappa shape index (κ1) is 18.3. The first-order chi connectivity index (χ1) is 12.9. The van der Waals surface area contributed by atoms with Crippen molar-refractivity contribution in [1.82, 2.24) is 4.57 Å². The average molecular weight is 407 g/mol. The lowest BCUT2D eigenvalue weighted by molar-refractivity contribution is 0.181. The molecular weight excluding hydrogens is 390 g/mol. The summed E-state index contributed by atoms with van der Waals surface area (Å²) in [5.74, 6) is -0.445. The quantitative estimate of drug-likeness (QED) is 0.640. The van der Waals surface area contributed by atoms with E-state index < -0.39 is 11.4 Å². The topological polar surface area (TPSA) is 43.3 Å². The number of aromatic nitrogens is 1. The number of fused-ring (bicyclic) bond motifs is 1. The molecule has 0 radical (unpaired) electrons. The summed E-state index contributed by atoms with van der Waals surface area (Å²) in [4.78, 5) is 12.4. The summed E-state index contributed by atoms with van der Waals surface area (Å²) >= 11 is 12.5. The van der Waals surface area contributed by atoms with Gasteiger partial charge in [0, 0.05) is 42.9 Å². The first-order valence-corrected chi connectivity index (χ1v) is 9.26. The molecular formula is C20H17Cl2FN2O2. The lowest BCUT2D eigenvalue weighted by Crippen LogP contribution is -2.37. The predicted octanol–water partition coefficient (Wildman–Crippen LogP) is 4.71. The van der Waals surface area contributed by atoms with Crippen LogP contribution in [0.2, 0.25) is 10.0 Å². The standard InChI is InChI=1S/C20H17Cl2FN2O2/c1-25-8-6-12-2-3-13(10-14(12)19(25)26)24-20(7-9-27-11-20)17-16(23)5-4-15(21)18(17)22/h2-6,8,10,24H,7,9,11H2,1H3/t20-/m1/s1. The van der Waals surface area contributed by atoms with Crippen LogP contribution in [-0.4, -0.2) is 17.8 Å². The number of benzene rings is 2. The molecule has 0 spiro atoms. The summed E-state index contributed by atoms with van der Waals surface area (Å²) in [6.45, 7) is 0.708. The fraction of sp³-hybridized carbons (Fsp3) is 0.250. The molecule has 1 fully saturated rings. The van der Waals surface area contributed by atoms with Gasteiger partial charge in [0.1, 0.15) is 5.82 Å². The predicted molar refractivity (Wildman–Crippen MR) is 106 cm³/mol. The third-order valence-electron chi connectivity index (χ3n) is 5.01. The second-order valence-electron chi connectivity index (χ2n) is 6.76. The number of hydrogen-bond donors (Lipinski definition) is 1. The number of nitrogens with zero attached hydrogens (tertiary/aromatic N) is 1. The Morgan fingerprint density at radius 1 is 1.22 bits per heavy atom. The van der Waals surface area contributed by atoms with Gasteiger partial charge in [-0.3, -0.25) is 4.79 Å². The number of aryl methyl sites for hydroxylation is 1. The van der Waals surface area contributed by atoms with Crippen molar-refractivity contribution in [3.8, 4) is 0 Å². The Bertz CT molecular complexity index is 1090. The van der Waals surface area contributed by atoms with E-state index in [4.69, 9.17) is 27.9 Å². The van der Waals surface area contributed by atoms with Crippen LogP contribution in [-0.2, 0) is 17.3 Å². The Labute approximate surface area is 165 Å². The minimum atomic E-state index is -0.861. The van der Waals surface area contributed by atoms with Crippen LogP contribution < -0.4 is 10.9 Å². The van der Waals surface area contributed by atoms with Gasteiger partial charge >= 0.3 is 0 Å². The summed E-state index contributed by atoms with van der Waals surface area (Å²) in [7, 11) is 1.70. The van der Waals surface area contributed by atoms with Gasteiger partial charge in [0.15, 0.2) is 0 Å². The Morgan fingerprint density at radius 2 is 2.04 bits per heavy atom. The molecule has 1 atom stereocenters. The van der Waals surface area contributed by atoms with Crippen molar-refractivity contribution in [1.29, 1.82) is 0 Å². The van der Waals surface area contributed by atoms with Crippen LogP contribution in [0.5, 0.6) is 0 Å². The van der Waals surface area contributed by atoms with E-state index in [2.05, 4.69) is 5.32 Å². The molecule has 1 aliphatic rings. The highest BCUT2D eigenvalue weighted by Crippen LogP contribution is 2.42. The molecule has 140 valence electrons. The number of pyridine rings is 1. The molecule has 1 saturated heterocycles. The normalized spacial score (nSPS) is 19.6. The van der Waals surface area contributed by atoms with E-state index >= 15 is 0 Å². The van der Waals surface area contributed by atoms with E-state index in [1.54, 1.807) is 19.3 Å². The van der Waals surface area contributed by atoms with Crippen molar-refractivity contribution >= 4 is 39.7 Å². The van der Waals surface area contributed by atoms with Crippen LogP contribution in [0.4, 0.5) is 10.1 Å². The van der Waals surface area contributed by atoms with Gasteiger partial charge in [0.25, 0.3) is 5.56 Å². The largest absolute Gasteiger partial charge is 0.379 e. The molecule has 1 N–H and O–H groups in total. The van der Waals surface area contributed by atoms with Gasteiger partial charge in [-0.15, -0.1) is 0 Å². The molecule has 1 aliphatic heterocycles. The van der Waals surface area contributed by atoms with Gasteiger partial charge in [-0.05, 0) is 35.7 Å². The third-order valence-corrected chi connectivity index (χ3v) is 5.81. The van der Waals surface area contributed by atoms with E-state index in [1.165, 1.54) is 16.7 Å². The van der Waals surface area contributed by atoms with Crippen LogP contribution in [0, 0.1) is 5.82 Å². The zero-order chi connectivity index (χ0) is 19.2. The SMILES string of the molecule is Cn1ccc2ccc(N[C@]3(c4c(F)ccc(Cl)c4Cl)CCOC3)cc2c1=O. The maximum absolute atomic E-state index is 14.7. The highest BCUT2D eigenvalue weighted by molar-refractivity contribution is 6.42. The summed E-state index contributed by atoms with van der Waals surface area (Å²) in [5, 5.41) is 5.24. The number of rotatable bonds is 3. The van der Waals surface area contributed by atoms with Gasteiger partial charge < -0.3 is 14.6 Å². The molecule has 0 unspecified atom stereocenters. The van der Waals surface area contributed by atoms with Crippen LogP contribution in [0.3, 0.4) is 0 Å². The maximum atomic E-state index is 14.7. The van der Waals surface area contributed by atoms with E-state index in [0.717, 1.165) is 5.39 Å². The molecule has 4 nitrogen and oxygen atoms in total. The minimum absolute atomic E-state index is 0.0974. The van der Waals surface area contributed by atoms with Gasteiger partial charge in [-0.25, -0.2) is 4.39 Å². The molecule has 7 heteroatoms. The van der Waals surface area contributed by atoms with Crippen molar-refractivity contribution in [3.63, 3.8) is 0 Å². The number of halogens is 3. The second-order valence-corrected chi connectivity index (χ2v) is 7.55. The average Bonchev–Trinajstić information content (AvgIpc) is 3.11. The molecule has 0 amide bonds. The lowest BCUT2D eigenvalue weighted by Gasteiger charge is -2.32. The lowest BCUT2D eigenvalue weighted by atomic mass is 9.88. The molecule has 4 rings (SSSR count). The van der Waals surface area contributed by atoms with Crippen molar-refractivity contribution < 1.29 is 9.13 Å². The van der Waals surface area contributed by atoms with Crippen molar-refractivity contribution in [3.05, 3.63) is 74.4 Å². The second kappa shape index (κ2) is 6.82. The van der Waals surface area contributed by atoms with Crippen molar-refractivity contribution in [2.45, 2.75) is 12.0 Å². The van der Waals surface area contributed by atoms with Crippen LogP contribution >= 0.6 is 23.2 Å². The van der Waals surface area contributed by atoms with Crippen molar-refractivity contribution in [2.75, 3.05) is 18.5 Å². The molecule has 2 aromatic carbocycles. The summed E-state index contributed by atoms with van der Waals surface area (Å²) in [5.41, 5.74) is 0.0153. The Balaban J connectivity index is 1.84. The Hall–Kier alpha value is -2.08. The smallest absolute Gasteiger partial charge is 0.258 e. The Morgan fingerprint density at radius 3 is 2.78 bits per heavy atom. The fourth-order valence-electron chi connectivity index (χ4n) is 3.58. The van der Waals surface area contributed by atoms with Crippen LogP contribution in [0.15, 0.2) is 47.4 Å². The highest BCUT2D eigenvalue weighted by Gasteiger charge is 2.41. The molecule has 3 aromatic rings. The van der Waals surface area contributed by atoms with Gasteiger partial charge in [0.2, 0.25) is 0 Å². The summed E-state index contributed by atoms with van der Waals surface area (Å²) < 4.78 is 21.8. The monoisotopic (exact) mass is 406 g/mol. The van der Waals surface area contributed by atoms with Crippen LogP contribution in [0.25, 0.3) is 10.8 Å². The summed E-state index contributed by atoms with van der Waals surface area (Å²) in [6, 6.07) is 10.1. The van der Waals surface area contributed by atoms with Crippen LogP contribution in [0.1, 0.15) is 12.0 Å². The number of nitrogens with one attached hydrogen (secondary N) is 1. The number of hydrogen-bond acceptors (Lipinski definition) is 3. The molecule has 1 aromatic heterocycles. The molecule has 0 bridgehead atoms. The molecule has 2 heterocycles.